The van der Waals surface area contributed by atoms with Crippen LogP contribution in [0.1, 0.15) is 101 Å². The lowest BCUT2D eigenvalue weighted by atomic mass is 9.70. The maximum absolute atomic E-state index is 12.9. The number of nitrogens with one attached hydrogen (secondary N) is 2. The number of amides is 2. The van der Waals surface area contributed by atoms with Gasteiger partial charge < -0.3 is 10.6 Å². The van der Waals surface area contributed by atoms with Crippen LogP contribution in [-0.2, 0) is 0 Å². The van der Waals surface area contributed by atoms with Gasteiger partial charge in [0.05, 0.1) is 0 Å². The lowest BCUT2D eigenvalue weighted by molar-refractivity contribution is 0.0871. The molecule has 2 N–H and O–H groups in total. The Kier molecular flexibility index (Phi) is 6.64. The molecule has 166 valence electrons. The highest BCUT2D eigenvalue weighted by molar-refractivity contribution is 5.99. The van der Waals surface area contributed by atoms with E-state index < -0.39 is 0 Å². The molecular weight excluding hydrogens is 372 g/mol. The van der Waals surface area contributed by atoms with Gasteiger partial charge in [-0.1, -0.05) is 47.6 Å². The van der Waals surface area contributed by atoms with Gasteiger partial charge in [0, 0.05) is 23.2 Å². The molecule has 1 aromatic carbocycles. The summed E-state index contributed by atoms with van der Waals surface area (Å²) in [6.07, 6.45) is 6.44. The van der Waals surface area contributed by atoms with E-state index in [9.17, 15) is 9.59 Å². The first-order chi connectivity index (χ1) is 13.9. The lowest BCUT2D eigenvalue weighted by Crippen LogP contribution is -2.43. The van der Waals surface area contributed by atoms with E-state index in [0.717, 1.165) is 25.7 Å². The van der Waals surface area contributed by atoms with Crippen LogP contribution in [0.2, 0.25) is 0 Å². The number of hydrogen-bond donors (Lipinski definition) is 2. The van der Waals surface area contributed by atoms with Crippen molar-refractivity contribution in [1.29, 1.82) is 0 Å². The summed E-state index contributed by atoms with van der Waals surface area (Å²) >= 11 is 0. The fraction of sp³-hybridized carbons (Fsp3) is 0.692. The predicted molar refractivity (Wildman–Crippen MR) is 123 cm³/mol. The molecule has 0 unspecified atom stereocenters. The van der Waals surface area contributed by atoms with Crippen LogP contribution in [0.4, 0.5) is 0 Å². The minimum Gasteiger partial charge on any atom is -0.349 e. The van der Waals surface area contributed by atoms with Crippen molar-refractivity contribution >= 4 is 11.8 Å². The summed E-state index contributed by atoms with van der Waals surface area (Å²) < 4.78 is 0. The average molecular weight is 413 g/mol. The Morgan fingerprint density at radius 2 is 1.17 bits per heavy atom. The highest BCUT2D eigenvalue weighted by Crippen LogP contribution is 2.39. The molecule has 2 aliphatic rings. The van der Waals surface area contributed by atoms with Crippen molar-refractivity contribution in [3.8, 4) is 0 Å². The topological polar surface area (TPSA) is 58.2 Å². The van der Waals surface area contributed by atoms with Gasteiger partial charge in [-0.15, -0.1) is 0 Å². The molecular formula is C26H40N2O2. The third kappa shape index (κ3) is 6.09. The Morgan fingerprint density at radius 1 is 0.767 bits per heavy atom. The van der Waals surface area contributed by atoms with E-state index in [1.165, 1.54) is 12.8 Å². The minimum atomic E-state index is -0.0769. The molecule has 0 heterocycles. The first-order valence-corrected chi connectivity index (χ1v) is 11.6. The Morgan fingerprint density at radius 3 is 1.53 bits per heavy atom. The SMILES string of the molecule is C[C@@H]1C[C@H](NC(=O)c2cccc(C(=O)N[C@H]3C[C@@H](C)CC(C)(C)C3)c2)CC(C)(C)C1. The molecule has 0 aromatic heterocycles. The summed E-state index contributed by atoms with van der Waals surface area (Å²) in [6.45, 7) is 13.6. The Balaban J connectivity index is 1.64. The third-order valence-corrected chi connectivity index (χ3v) is 6.83. The average Bonchev–Trinajstić information content (AvgIpc) is 2.58. The number of rotatable bonds is 4. The summed E-state index contributed by atoms with van der Waals surface area (Å²) in [5.41, 5.74) is 1.64. The molecule has 3 rings (SSSR count). The molecule has 4 heteroatoms. The van der Waals surface area contributed by atoms with Crippen LogP contribution in [0.5, 0.6) is 0 Å². The molecule has 2 amide bonds. The molecule has 4 atom stereocenters. The second kappa shape index (κ2) is 8.72. The molecule has 30 heavy (non-hydrogen) atoms. The van der Waals surface area contributed by atoms with Gasteiger partial charge in [0.15, 0.2) is 0 Å². The quantitative estimate of drug-likeness (QED) is 0.678. The lowest BCUT2D eigenvalue weighted by Gasteiger charge is -2.39. The summed E-state index contributed by atoms with van der Waals surface area (Å²) in [6, 6.07) is 7.54. The Hall–Kier alpha value is -1.84. The van der Waals surface area contributed by atoms with E-state index in [2.05, 4.69) is 52.2 Å². The molecule has 2 saturated carbocycles. The van der Waals surface area contributed by atoms with Crippen molar-refractivity contribution in [2.24, 2.45) is 22.7 Å². The second-order valence-electron chi connectivity index (χ2n) is 11.7. The molecule has 0 bridgehead atoms. The maximum Gasteiger partial charge on any atom is 0.251 e. The van der Waals surface area contributed by atoms with E-state index in [0.29, 0.717) is 23.0 Å². The number of benzene rings is 1. The second-order valence-corrected chi connectivity index (χ2v) is 11.7. The molecule has 2 aliphatic carbocycles. The summed E-state index contributed by atoms with van der Waals surface area (Å²) in [4.78, 5) is 25.8. The van der Waals surface area contributed by atoms with Crippen LogP contribution in [0.3, 0.4) is 0 Å². The summed E-state index contributed by atoms with van der Waals surface area (Å²) in [5.74, 6) is 1.07. The van der Waals surface area contributed by atoms with Crippen molar-refractivity contribution < 1.29 is 9.59 Å². The minimum absolute atomic E-state index is 0.0769. The molecule has 0 spiro atoms. The standard InChI is InChI=1S/C26H40N2O2/c1-17-10-21(15-25(3,4)13-17)27-23(29)19-8-7-9-20(12-19)24(30)28-22-11-18(2)14-26(5,6)16-22/h7-9,12,17-18,21-22H,10-11,13-16H2,1-6H3,(H,27,29)(H,28,30)/t17-,18-,21+,22+/m1/s1. The van der Waals surface area contributed by atoms with Gasteiger partial charge in [0.25, 0.3) is 11.8 Å². The van der Waals surface area contributed by atoms with Crippen LogP contribution < -0.4 is 10.6 Å². The summed E-state index contributed by atoms with van der Waals surface area (Å²) in [5, 5.41) is 6.43. The van der Waals surface area contributed by atoms with Crippen LogP contribution >= 0.6 is 0 Å². The zero-order valence-corrected chi connectivity index (χ0v) is 19.7. The maximum atomic E-state index is 12.9. The zero-order valence-electron chi connectivity index (χ0n) is 19.7. The first kappa shape index (κ1) is 22.8. The molecule has 0 saturated heterocycles. The van der Waals surface area contributed by atoms with Gasteiger partial charge in [0.1, 0.15) is 0 Å². The zero-order chi connectivity index (χ0) is 22.1. The van der Waals surface area contributed by atoms with Gasteiger partial charge in [-0.05, 0) is 79.4 Å². The van der Waals surface area contributed by atoms with Gasteiger partial charge >= 0.3 is 0 Å². The van der Waals surface area contributed by atoms with E-state index in [4.69, 9.17) is 0 Å². The van der Waals surface area contributed by atoms with E-state index in [1.54, 1.807) is 18.2 Å². The Bertz CT molecular complexity index is 722. The van der Waals surface area contributed by atoms with Crippen molar-refractivity contribution in [2.75, 3.05) is 0 Å². The molecule has 2 fully saturated rings. The predicted octanol–water partition coefficient (Wildman–Crippen LogP) is 5.58. The van der Waals surface area contributed by atoms with E-state index >= 15 is 0 Å². The molecule has 0 aliphatic heterocycles. The highest BCUT2D eigenvalue weighted by Gasteiger charge is 2.34. The summed E-state index contributed by atoms with van der Waals surface area (Å²) in [7, 11) is 0. The van der Waals surface area contributed by atoms with Crippen molar-refractivity contribution in [1.82, 2.24) is 10.6 Å². The van der Waals surface area contributed by atoms with Gasteiger partial charge in [-0.2, -0.15) is 0 Å². The number of carbonyl (C=O) groups excluding carboxylic acids is 2. The smallest absolute Gasteiger partial charge is 0.251 e. The molecule has 0 radical (unpaired) electrons. The number of hydrogen-bond acceptors (Lipinski definition) is 2. The molecule has 4 nitrogen and oxygen atoms in total. The van der Waals surface area contributed by atoms with Gasteiger partial charge in [0.2, 0.25) is 0 Å². The highest BCUT2D eigenvalue weighted by atomic mass is 16.2. The largest absolute Gasteiger partial charge is 0.349 e. The molecule has 1 aromatic rings. The van der Waals surface area contributed by atoms with Crippen LogP contribution in [-0.4, -0.2) is 23.9 Å². The van der Waals surface area contributed by atoms with Crippen molar-refractivity contribution in [2.45, 2.75) is 92.2 Å². The fourth-order valence-electron chi connectivity index (χ4n) is 6.25. The number of carbonyl (C=O) groups is 2. The van der Waals surface area contributed by atoms with Crippen LogP contribution in [0.15, 0.2) is 24.3 Å². The normalized spacial score (nSPS) is 30.3. The fourth-order valence-corrected chi connectivity index (χ4v) is 6.25. The van der Waals surface area contributed by atoms with Gasteiger partial charge in [-0.25, -0.2) is 0 Å². The third-order valence-electron chi connectivity index (χ3n) is 6.83. The van der Waals surface area contributed by atoms with Crippen molar-refractivity contribution in [3.63, 3.8) is 0 Å². The van der Waals surface area contributed by atoms with E-state index in [1.807, 2.05) is 6.07 Å². The Labute approximate surface area is 182 Å². The van der Waals surface area contributed by atoms with E-state index in [-0.39, 0.29) is 34.7 Å². The van der Waals surface area contributed by atoms with Crippen LogP contribution in [0.25, 0.3) is 0 Å². The monoisotopic (exact) mass is 412 g/mol. The van der Waals surface area contributed by atoms with Crippen LogP contribution in [0, 0.1) is 22.7 Å². The first-order valence-electron chi connectivity index (χ1n) is 11.6. The van der Waals surface area contributed by atoms with Crippen molar-refractivity contribution in [3.05, 3.63) is 35.4 Å². The van der Waals surface area contributed by atoms with Gasteiger partial charge in [-0.3, -0.25) is 9.59 Å².